The lowest BCUT2D eigenvalue weighted by molar-refractivity contribution is -0.138. The largest absolute Gasteiger partial charge is 0.416 e. The highest BCUT2D eigenvalue weighted by Gasteiger charge is 2.37. The van der Waals surface area contributed by atoms with Crippen LogP contribution in [0.5, 0.6) is 0 Å². The average Bonchev–Trinajstić information content (AvgIpc) is 2.40. The van der Waals surface area contributed by atoms with E-state index in [4.69, 9.17) is 0 Å². The third-order valence-corrected chi connectivity index (χ3v) is 3.71. The third-order valence-electron chi connectivity index (χ3n) is 3.71. The van der Waals surface area contributed by atoms with Gasteiger partial charge in [-0.3, -0.25) is 14.9 Å². The number of carbonyl (C=O) groups is 2. The Morgan fingerprint density at radius 3 is 2.30 bits per heavy atom. The maximum Gasteiger partial charge on any atom is 0.416 e. The van der Waals surface area contributed by atoms with Crippen LogP contribution in [0.3, 0.4) is 0 Å². The minimum absolute atomic E-state index is 0.162. The first kappa shape index (κ1) is 17.3. The molecule has 0 saturated carbocycles. The van der Waals surface area contributed by atoms with E-state index in [0.717, 1.165) is 6.07 Å². The number of carbonyl (C=O) groups excluding carboxylic acids is 2. The Balaban J connectivity index is 2.31. The van der Waals surface area contributed by atoms with Crippen molar-refractivity contribution >= 4 is 17.5 Å². The van der Waals surface area contributed by atoms with Crippen LogP contribution in [0, 0.1) is 0 Å². The van der Waals surface area contributed by atoms with Crippen molar-refractivity contribution in [2.24, 2.45) is 0 Å². The van der Waals surface area contributed by atoms with E-state index in [1.807, 2.05) is 0 Å². The van der Waals surface area contributed by atoms with E-state index < -0.39 is 29.1 Å². The van der Waals surface area contributed by atoms with Crippen LogP contribution in [-0.2, 0) is 21.2 Å². The number of alkyl halides is 3. The van der Waals surface area contributed by atoms with E-state index in [-0.39, 0.29) is 30.0 Å². The number of benzene rings is 1. The highest BCUT2D eigenvalue weighted by molar-refractivity contribution is 6.01. The standard InChI is InChI=1S/C16H19F3N2O2/c1-15(2,3)10-5-4-9(8-11(10)16(17,18)19)20-12-6-7-13(22)21-14(12)23/h4-5,8,12,20H,6-7H2,1-3H3,(H,21,22,23). The van der Waals surface area contributed by atoms with Crippen molar-refractivity contribution in [3.8, 4) is 0 Å². The number of piperidine rings is 1. The molecular formula is C16H19F3N2O2. The van der Waals surface area contributed by atoms with E-state index in [0.29, 0.717) is 0 Å². The fraction of sp³-hybridized carbons (Fsp3) is 0.500. The zero-order valence-corrected chi connectivity index (χ0v) is 13.2. The zero-order chi connectivity index (χ0) is 17.4. The van der Waals surface area contributed by atoms with E-state index in [1.54, 1.807) is 20.8 Å². The fourth-order valence-corrected chi connectivity index (χ4v) is 2.56. The molecule has 126 valence electrons. The van der Waals surface area contributed by atoms with Crippen molar-refractivity contribution in [3.63, 3.8) is 0 Å². The van der Waals surface area contributed by atoms with Gasteiger partial charge < -0.3 is 5.32 Å². The first-order valence-corrected chi connectivity index (χ1v) is 7.30. The molecular weight excluding hydrogens is 309 g/mol. The average molecular weight is 328 g/mol. The molecule has 2 N–H and O–H groups in total. The van der Waals surface area contributed by atoms with Crippen molar-refractivity contribution < 1.29 is 22.8 Å². The van der Waals surface area contributed by atoms with Crippen LogP contribution in [0.25, 0.3) is 0 Å². The zero-order valence-electron chi connectivity index (χ0n) is 13.2. The second-order valence-electron chi connectivity index (χ2n) is 6.66. The SMILES string of the molecule is CC(C)(C)c1ccc(NC2CCC(=O)NC2=O)cc1C(F)(F)F. The summed E-state index contributed by atoms with van der Waals surface area (Å²) in [6, 6.07) is 3.26. The van der Waals surface area contributed by atoms with Crippen LogP contribution < -0.4 is 10.6 Å². The molecule has 0 aliphatic carbocycles. The quantitative estimate of drug-likeness (QED) is 0.820. The van der Waals surface area contributed by atoms with Crippen LogP contribution in [0.2, 0.25) is 0 Å². The molecule has 1 atom stereocenters. The van der Waals surface area contributed by atoms with Gasteiger partial charge in [-0.05, 0) is 29.5 Å². The fourth-order valence-electron chi connectivity index (χ4n) is 2.56. The normalized spacial score (nSPS) is 19.5. The molecule has 1 aliphatic heterocycles. The van der Waals surface area contributed by atoms with Gasteiger partial charge in [0.15, 0.2) is 0 Å². The minimum Gasteiger partial charge on any atom is -0.374 e. The van der Waals surface area contributed by atoms with Crippen LogP contribution >= 0.6 is 0 Å². The van der Waals surface area contributed by atoms with Gasteiger partial charge in [-0.2, -0.15) is 13.2 Å². The number of hydrogen-bond acceptors (Lipinski definition) is 3. The second-order valence-corrected chi connectivity index (χ2v) is 6.66. The summed E-state index contributed by atoms with van der Waals surface area (Å²) >= 11 is 0. The smallest absolute Gasteiger partial charge is 0.374 e. The third kappa shape index (κ3) is 4.03. The molecule has 1 aliphatic rings. The van der Waals surface area contributed by atoms with Crippen molar-refractivity contribution in [3.05, 3.63) is 29.3 Å². The molecule has 4 nitrogen and oxygen atoms in total. The summed E-state index contributed by atoms with van der Waals surface area (Å²) in [6.07, 6.45) is -4.06. The minimum atomic E-state index is -4.48. The highest BCUT2D eigenvalue weighted by Crippen LogP contribution is 2.39. The van der Waals surface area contributed by atoms with Gasteiger partial charge in [-0.1, -0.05) is 26.8 Å². The molecule has 1 saturated heterocycles. The molecule has 2 rings (SSSR count). The summed E-state index contributed by atoms with van der Waals surface area (Å²) in [7, 11) is 0. The lowest BCUT2D eigenvalue weighted by atomic mass is 9.83. The van der Waals surface area contributed by atoms with Gasteiger partial charge in [0.05, 0.1) is 5.56 Å². The molecule has 1 fully saturated rings. The van der Waals surface area contributed by atoms with Gasteiger partial charge in [-0.25, -0.2) is 0 Å². The van der Waals surface area contributed by atoms with Gasteiger partial charge in [0.25, 0.3) is 0 Å². The van der Waals surface area contributed by atoms with Crippen LogP contribution in [-0.4, -0.2) is 17.9 Å². The molecule has 1 aromatic rings. The van der Waals surface area contributed by atoms with Crippen molar-refractivity contribution in [2.45, 2.75) is 51.2 Å². The summed E-state index contributed by atoms with van der Waals surface area (Å²) < 4.78 is 39.9. The van der Waals surface area contributed by atoms with E-state index >= 15 is 0 Å². The summed E-state index contributed by atoms with van der Waals surface area (Å²) in [5, 5.41) is 4.95. The van der Waals surface area contributed by atoms with Crippen LogP contribution in [0.1, 0.15) is 44.7 Å². The summed E-state index contributed by atoms with van der Waals surface area (Å²) in [4.78, 5) is 22.8. The van der Waals surface area contributed by atoms with Gasteiger partial charge in [0.1, 0.15) is 6.04 Å². The Morgan fingerprint density at radius 1 is 1.13 bits per heavy atom. The Bertz CT molecular complexity index is 633. The van der Waals surface area contributed by atoms with Gasteiger partial charge >= 0.3 is 6.18 Å². The number of imide groups is 1. The highest BCUT2D eigenvalue weighted by atomic mass is 19.4. The van der Waals surface area contributed by atoms with Crippen LogP contribution in [0.15, 0.2) is 18.2 Å². The Morgan fingerprint density at radius 2 is 1.78 bits per heavy atom. The molecule has 1 unspecified atom stereocenters. The first-order chi connectivity index (χ1) is 10.5. The van der Waals surface area contributed by atoms with E-state index in [2.05, 4.69) is 10.6 Å². The topological polar surface area (TPSA) is 58.2 Å². The Kier molecular flexibility index (Phi) is 4.41. The molecule has 0 bridgehead atoms. The van der Waals surface area contributed by atoms with E-state index in [9.17, 15) is 22.8 Å². The molecule has 1 heterocycles. The predicted molar refractivity (Wildman–Crippen MR) is 79.9 cm³/mol. The molecule has 23 heavy (non-hydrogen) atoms. The molecule has 0 aromatic heterocycles. The van der Waals surface area contributed by atoms with Crippen molar-refractivity contribution in [1.82, 2.24) is 5.32 Å². The van der Waals surface area contributed by atoms with Gasteiger partial charge in [-0.15, -0.1) is 0 Å². The monoisotopic (exact) mass is 328 g/mol. The maximum absolute atomic E-state index is 13.3. The molecule has 2 amide bonds. The number of nitrogens with one attached hydrogen (secondary N) is 2. The number of rotatable bonds is 2. The lowest BCUT2D eigenvalue weighted by Crippen LogP contribution is -2.47. The lowest BCUT2D eigenvalue weighted by Gasteiger charge is -2.27. The molecule has 7 heteroatoms. The second kappa shape index (κ2) is 5.86. The number of hydrogen-bond donors (Lipinski definition) is 2. The first-order valence-electron chi connectivity index (χ1n) is 7.30. The molecule has 0 spiro atoms. The van der Waals surface area contributed by atoms with Crippen molar-refractivity contribution in [2.75, 3.05) is 5.32 Å². The Labute approximate surface area is 132 Å². The number of amides is 2. The molecule has 0 radical (unpaired) electrons. The predicted octanol–water partition coefficient (Wildman–Crippen LogP) is 3.22. The summed E-state index contributed by atoms with van der Waals surface area (Å²) in [6.45, 7) is 5.14. The van der Waals surface area contributed by atoms with Crippen molar-refractivity contribution in [1.29, 1.82) is 0 Å². The number of halogens is 3. The van der Waals surface area contributed by atoms with Gasteiger partial charge in [0.2, 0.25) is 11.8 Å². The summed E-state index contributed by atoms with van der Waals surface area (Å²) in [5.41, 5.74) is -0.973. The van der Waals surface area contributed by atoms with E-state index in [1.165, 1.54) is 12.1 Å². The van der Waals surface area contributed by atoms with Crippen LogP contribution in [0.4, 0.5) is 18.9 Å². The Hall–Kier alpha value is -2.05. The molecule has 1 aromatic carbocycles. The summed E-state index contributed by atoms with van der Waals surface area (Å²) in [5.74, 6) is -0.887. The maximum atomic E-state index is 13.3. The number of anilines is 1. The van der Waals surface area contributed by atoms with Gasteiger partial charge in [0, 0.05) is 12.1 Å².